The Morgan fingerprint density at radius 2 is 1.88 bits per heavy atom. The zero-order valence-electron chi connectivity index (χ0n) is 14.8. The predicted octanol–water partition coefficient (Wildman–Crippen LogP) is 1.90. The average molecular weight is 335 g/mol. The summed E-state index contributed by atoms with van der Waals surface area (Å²) >= 11 is 0. The minimum atomic E-state index is -0.290. The molecule has 0 aromatic heterocycles. The third-order valence-electron chi connectivity index (χ3n) is 4.75. The highest BCUT2D eigenvalue weighted by Gasteiger charge is 2.33. The van der Waals surface area contributed by atoms with Gasteiger partial charge in [0.25, 0.3) is 0 Å². The summed E-state index contributed by atoms with van der Waals surface area (Å²) in [6.07, 6.45) is 1.72. The summed E-state index contributed by atoms with van der Waals surface area (Å²) in [5, 5.41) is 0. The normalized spacial score (nSPS) is 19.1. The Balaban J connectivity index is 2.00. The number of rotatable bonds is 5. The molecule has 1 heterocycles. The second-order valence-corrected chi connectivity index (χ2v) is 6.59. The lowest BCUT2D eigenvalue weighted by Gasteiger charge is -2.30. The Hall–Kier alpha value is -1.95. The first-order valence-electron chi connectivity index (χ1n) is 8.27. The van der Waals surface area contributed by atoms with E-state index in [1.54, 1.807) is 43.1 Å². The number of likely N-dealkylation sites (tertiary alicyclic amines) is 1. The number of amides is 2. The van der Waals surface area contributed by atoms with Gasteiger partial charge in [-0.3, -0.25) is 14.5 Å². The minimum Gasteiger partial charge on any atom is -0.347 e. The fourth-order valence-electron chi connectivity index (χ4n) is 3.06. The van der Waals surface area contributed by atoms with Gasteiger partial charge in [-0.15, -0.1) is 0 Å². The summed E-state index contributed by atoms with van der Waals surface area (Å²) in [4.78, 5) is 30.0. The van der Waals surface area contributed by atoms with Crippen molar-refractivity contribution in [2.45, 2.75) is 31.8 Å². The molecule has 1 saturated heterocycles. The topological polar surface area (TPSA) is 43.9 Å². The molecule has 2 atom stereocenters. The van der Waals surface area contributed by atoms with E-state index in [1.165, 1.54) is 12.1 Å². The van der Waals surface area contributed by atoms with Crippen LogP contribution in [0.2, 0.25) is 0 Å². The minimum absolute atomic E-state index is 0.0368. The van der Waals surface area contributed by atoms with Crippen LogP contribution in [0.1, 0.15) is 31.4 Å². The summed E-state index contributed by atoms with van der Waals surface area (Å²) in [5.74, 6) is -0.276. The van der Waals surface area contributed by atoms with E-state index in [4.69, 9.17) is 0 Å². The molecule has 0 bridgehead atoms. The maximum absolute atomic E-state index is 13.0. The van der Waals surface area contributed by atoms with Crippen molar-refractivity contribution in [3.8, 4) is 0 Å². The van der Waals surface area contributed by atoms with Gasteiger partial charge in [0.2, 0.25) is 11.8 Å². The molecule has 132 valence electrons. The maximum Gasteiger partial charge on any atom is 0.239 e. The molecule has 2 unspecified atom stereocenters. The highest BCUT2D eigenvalue weighted by atomic mass is 19.1. The first-order chi connectivity index (χ1) is 11.3. The molecule has 1 aromatic carbocycles. The van der Waals surface area contributed by atoms with Crippen molar-refractivity contribution in [2.24, 2.45) is 0 Å². The summed E-state index contributed by atoms with van der Waals surface area (Å²) in [6.45, 7) is 2.90. The number of hydrogen-bond acceptors (Lipinski definition) is 3. The second-order valence-electron chi connectivity index (χ2n) is 6.59. The maximum atomic E-state index is 13.0. The molecule has 5 nitrogen and oxygen atoms in total. The SMILES string of the molecule is CC(c1ccc(F)cc1)N(C)C(=O)CN1CCCC1C(=O)N(C)C. The van der Waals surface area contributed by atoms with Crippen LogP contribution in [0.4, 0.5) is 4.39 Å². The van der Waals surface area contributed by atoms with Gasteiger partial charge in [-0.2, -0.15) is 0 Å². The van der Waals surface area contributed by atoms with Crippen LogP contribution >= 0.6 is 0 Å². The van der Waals surface area contributed by atoms with Gasteiger partial charge < -0.3 is 9.80 Å². The summed E-state index contributed by atoms with van der Waals surface area (Å²) in [5.41, 5.74) is 0.884. The van der Waals surface area contributed by atoms with Crippen molar-refractivity contribution in [3.05, 3.63) is 35.6 Å². The van der Waals surface area contributed by atoms with E-state index in [2.05, 4.69) is 0 Å². The van der Waals surface area contributed by atoms with Gasteiger partial charge >= 0.3 is 0 Å². The standard InChI is InChI=1S/C18H26FN3O2/c1-13(14-7-9-15(19)10-8-14)21(4)17(23)12-22-11-5-6-16(22)18(24)20(2)3/h7-10,13,16H,5-6,11-12H2,1-4H3. The zero-order valence-corrected chi connectivity index (χ0v) is 14.8. The summed E-state index contributed by atoms with van der Waals surface area (Å²) < 4.78 is 13.0. The summed E-state index contributed by atoms with van der Waals surface area (Å²) in [7, 11) is 5.22. The molecule has 6 heteroatoms. The lowest BCUT2D eigenvalue weighted by atomic mass is 10.1. The number of likely N-dealkylation sites (N-methyl/N-ethyl adjacent to an activating group) is 2. The number of halogens is 1. The molecule has 0 aliphatic carbocycles. The number of carbonyl (C=O) groups excluding carboxylic acids is 2. The van der Waals surface area contributed by atoms with Gasteiger partial charge in [0.15, 0.2) is 0 Å². The Morgan fingerprint density at radius 1 is 1.25 bits per heavy atom. The monoisotopic (exact) mass is 335 g/mol. The van der Waals surface area contributed by atoms with E-state index in [1.807, 2.05) is 11.8 Å². The molecule has 1 fully saturated rings. The number of benzene rings is 1. The van der Waals surface area contributed by atoms with Crippen LogP contribution in [-0.2, 0) is 9.59 Å². The number of nitrogens with zero attached hydrogens (tertiary/aromatic N) is 3. The molecule has 2 amide bonds. The van der Waals surface area contributed by atoms with E-state index >= 15 is 0 Å². The van der Waals surface area contributed by atoms with Crippen molar-refractivity contribution >= 4 is 11.8 Å². The molecule has 0 saturated carbocycles. The fraction of sp³-hybridized carbons (Fsp3) is 0.556. The van der Waals surface area contributed by atoms with Crippen LogP contribution in [0.3, 0.4) is 0 Å². The van der Waals surface area contributed by atoms with Gasteiger partial charge in [0, 0.05) is 21.1 Å². The van der Waals surface area contributed by atoms with E-state index < -0.39 is 0 Å². The smallest absolute Gasteiger partial charge is 0.239 e. The molecule has 0 spiro atoms. The van der Waals surface area contributed by atoms with Crippen LogP contribution in [-0.4, -0.2) is 66.8 Å². The molecular formula is C18H26FN3O2. The lowest BCUT2D eigenvalue weighted by molar-refractivity contribution is -0.137. The average Bonchev–Trinajstić information content (AvgIpc) is 3.01. The second kappa shape index (κ2) is 7.75. The van der Waals surface area contributed by atoms with Gasteiger partial charge in [0.05, 0.1) is 18.6 Å². The van der Waals surface area contributed by atoms with Gasteiger partial charge in [-0.1, -0.05) is 12.1 Å². The van der Waals surface area contributed by atoms with Crippen LogP contribution in [0.25, 0.3) is 0 Å². The van der Waals surface area contributed by atoms with Crippen molar-refractivity contribution in [3.63, 3.8) is 0 Å². The van der Waals surface area contributed by atoms with E-state index in [0.717, 1.165) is 24.9 Å². The summed E-state index contributed by atoms with van der Waals surface area (Å²) in [6, 6.07) is 5.82. The Kier molecular flexibility index (Phi) is 5.94. The number of carbonyl (C=O) groups is 2. The van der Waals surface area contributed by atoms with E-state index in [0.29, 0.717) is 0 Å². The molecule has 1 aliphatic rings. The van der Waals surface area contributed by atoms with Gasteiger partial charge in [-0.05, 0) is 44.0 Å². The Morgan fingerprint density at radius 3 is 2.46 bits per heavy atom. The molecule has 1 aliphatic heterocycles. The van der Waals surface area contributed by atoms with Crippen LogP contribution < -0.4 is 0 Å². The molecular weight excluding hydrogens is 309 g/mol. The lowest BCUT2D eigenvalue weighted by Crippen LogP contribution is -2.47. The molecule has 0 N–H and O–H groups in total. The van der Waals surface area contributed by atoms with E-state index in [9.17, 15) is 14.0 Å². The molecule has 0 radical (unpaired) electrons. The fourth-order valence-corrected chi connectivity index (χ4v) is 3.06. The predicted molar refractivity (Wildman–Crippen MR) is 90.9 cm³/mol. The Bertz CT molecular complexity index is 588. The molecule has 24 heavy (non-hydrogen) atoms. The van der Waals surface area contributed by atoms with Crippen molar-refractivity contribution in [2.75, 3.05) is 34.2 Å². The van der Waals surface area contributed by atoms with Crippen LogP contribution in [0.15, 0.2) is 24.3 Å². The van der Waals surface area contributed by atoms with E-state index in [-0.39, 0.29) is 36.3 Å². The Labute approximate surface area is 143 Å². The van der Waals surface area contributed by atoms with Crippen molar-refractivity contribution in [1.82, 2.24) is 14.7 Å². The van der Waals surface area contributed by atoms with Crippen molar-refractivity contribution in [1.29, 1.82) is 0 Å². The quantitative estimate of drug-likeness (QED) is 0.825. The first kappa shape index (κ1) is 18.4. The first-order valence-corrected chi connectivity index (χ1v) is 8.27. The third kappa shape index (κ3) is 4.12. The van der Waals surface area contributed by atoms with Crippen LogP contribution in [0.5, 0.6) is 0 Å². The molecule has 1 aromatic rings. The van der Waals surface area contributed by atoms with Gasteiger partial charge in [0.1, 0.15) is 5.82 Å². The molecule has 2 rings (SSSR count). The highest BCUT2D eigenvalue weighted by Crippen LogP contribution is 2.22. The van der Waals surface area contributed by atoms with Gasteiger partial charge in [-0.25, -0.2) is 4.39 Å². The largest absolute Gasteiger partial charge is 0.347 e. The van der Waals surface area contributed by atoms with Crippen LogP contribution in [0, 0.1) is 5.82 Å². The zero-order chi connectivity index (χ0) is 17.9. The third-order valence-corrected chi connectivity index (χ3v) is 4.75. The number of hydrogen-bond donors (Lipinski definition) is 0. The highest BCUT2D eigenvalue weighted by molar-refractivity contribution is 5.83. The van der Waals surface area contributed by atoms with Crippen molar-refractivity contribution < 1.29 is 14.0 Å².